The monoisotopic (exact) mass is 265 g/mol. The maximum Gasteiger partial charge on any atom is 0.0992 e. The first-order chi connectivity index (χ1) is 7.09. The van der Waals surface area contributed by atoms with Crippen LogP contribution in [-0.4, -0.2) is 12.7 Å². The molecule has 0 saturated carbocycles. The van der Waals surface area contributed by atoms with Gasteiger partial charge in [0.1, 0.15) is 0 Å². The van der Waals surface area contributed by atoms with Gasteiger partial charge in [-0.1, -0.05) is 30.1 Å². The SMILES string of the molecule is CC1CCOC1C(N)c1cc(Cl)sc1Cl. The minimum Gasteiger partial charge on any atom is -0.376 e. The highest BCUT2D eigenvalue weighted by Crippen LogP contribution is 2.38. The third-order valence-corrected chi connectivity index (χ3v) is 4.36. The molecule has 0 aromatic carbocycles. The van der Waals surface area contributed by atoms with Crippen molar-refractivity contribution in [2.45, 2.75) is 25.5 Å². The van der Waals surface area contributed by atoms with Crippen molar-refractivity contribution in [3.8, 4) is 0 Å². The summed E-state index contributed by atoms with van der Waals surface area (Å²) >= 11 is 13.3. The predicted octanol–water partition coefficient (Wildman–Crippen LogP) is 3.48. The fourth-order valence-electron chi connectivity index (χ4n) is 1.93. The van der Waals surface area contributed by atoms with Gasteiger partial charge in [0, 0.05) is 12.2 Å². The molecule has 3 atom stereocenters. The van der Waals surface area contributed by atoms with Crippen molar-refractivity contribution in [1.82, 2.24) is 0 Å². The zero-order chi connectivity index (χ0) is 11.0. The molecule has 15 heavy (non-hydrogen) atoms. The lowest BCUT2D eigenvalue weighted by atomic mass is 9.95. The van der Waals surface area contributed by atoms with Crippen molar-refractivity contribution >= 4 is 34.5 Å². The molecule has 1 saturated heterocycles. The van der Waals surface area contributed by atoms with E-state index in [4.69, 9.17) is 33.7 Å². The lowest BCUT2D eigenvalue weighted by molar-refractivity contribution is 0.0726. The van der Waals surface area contributed by atoms with Crippen LogP contribution < -0.4 is 5.73 Å². The quantitative estimate of drug-likeness (QED) is 0.889. The van der Waals surface area contributed by atoms with Crippen molar-refractivity contribution in [3.05, 3.63) is 20.3 Å². The molecule has 0 amide bonds. The Morgan fingerprint density at radius 2 is 2.33 bits per heavy atom. The van der Waals surface area contributed by atoms with Gasteiger partial charge >= 0.3 is 0 Å². The highest BCUT2D eigenvalue weighted by atomic mass is 35.5. The molecule has 3 unspecified atom stereocenters. The van der Waals surface area contributed by atoms with E-state index in [2.05, 4.69) is 6.92 Å². The van der Waals surface area contributed by atoms with Crippen LogP contribution in [0.5, 0.6) is 0 Å². The average molecular weight is 266 g/mol. The molecule has 84 valence electrons. The first-order valence-electron chi connectivity index (χ1n) is 4.91. The smallest absolute Gasteiger partial charge is 0.0992 e. The van der Waals surface area contributed by atoms with Crippen LogP contribution in [0.3, 0.4) is 0 Å². The molecule has 0 bridgehead atoms. The average Bonchev–Trinajstić information content (AvgIpc) is 2.71. The zero-order valence-corrected chi connectivity index (χ0v) is 10.7. The second-order valence-electron chi connectivity index (χ2n) is 3.91. The predicted molar refractivity (Wildman–Crippen MR) is 64.8 cm³/mol. The summed E-state index contributed by atoms with van der Waals surface area (Å²) in [4.78, 5) is 0. The van der Waals surface area contributed by atoms with Gasteiger partial charge in [-0.15, -0.1) is 11.3 Å². The second-order valence-corrected chi connectivity index (χ2v) is 6.19. The molecule has 5 heteroatoms. The van der Waals surface area contributed by atoms with Crippen LogP contribution in [0.4, 0.5) is 0 Å². The van der Waals surface area contributed by atoms with Crippen molar-refractivity contribution in [2.75, 3.05) is 6.61 Å². The summed E-state index contributed by atoms with van der Waals surface area (Å²) in [6.45, 7) is 2.94. The van der Waals surface area contributed by atoms with E-state index in [9.17, 15) is 0 Å². The maximum atomic E-state index is 6.14. The molecule has 1 fully saturated rings. The Labute approximate surface area is 103 Å². The minimum atomic E-state index is -0.168. The van der Waals surface area contributed by atoms with Crippen molar-refractivity contribution < 1.29 is 4.74 Å². The largest absolute Gasteiger partial charge is 0.376 e. The number of ether oxygens (including phenoxy) is 1. The fraction of sp³-hybridized carbons (Fsp3) is 0.600. The molecule has 2 heterocycles. The molecule has 2 rings (SSSR count). The third-order valence-electron chi connectivity index (χ3n) is 2.84. The van der Waals surface area contributed by atoms with Gasteiger partial charge in [-0.05, 0) is 18.4 Å². The van der Waals surface area contributed by atoms with Crippen molar-refractivity contribution in [1.29, 1.82) is 0 Å². The first-order valence-corrected chi connectivity index (χ1v) is 6.48. The van der Waals surface area contributed by atoms with Crippen molar-refractivity contribution in [3.63, 3.8) is 0 Å². The number of nitrogens with two attached hydrogens (primary N) is 1. The standard InChI is InChI=1S/C10H13Cl2NOS/c1-5-2-3-14-9(5)8(13)6-4-7(11)15-10(6)12/h4-5,8-9H,2-3,13H2,1H3. The highest BCUT2D eigenvalue weighted by Gasteiger charge is 2.32. The third kappa shape index (κ3) is 2.32. The summed E-state index contributed by atoms with van der Waals surface area (Å²) in [5.41, 5.74) is 7.05. The van der Waals surface area contributed by atoms with E-state index in [1.165, 1.54) is 11.3 Å². The van der Waals surface area contributed by atoms with Crippen molar-refractivity contribution in [2.24, 2.45) is 11.7 Å². The van der Waals surface area contributed by atoms with Crippen LogP contribution >= 0.6 is 34.5 Å². The summed E-state index contributed by atoms with van der Waals surface area (Å²) in [7, 11) is 0. The van der Waals surface area contributed by atoms with Gasteiger partial charge in [0.15, 0.2) is 0 Å². The zero-order valence-electron chi connectivity index (χ0n) is 8.37. The van der Waals surface area contributed by atoms with Gasteiger partial charge in [0.2, 0.25) is 0 Å². The van der Waals surface area contributed by atoms with Gasteiger partial charge in [-0.25, -0.2) is 0 Å². The molecule has 0 aliphatic carbocycles. The van der Waals surface area contributed by atoms with E-state index in [1.807, 2.05) is 6.07 Å². The van der Waals surface area contributed by atoms with E-state index < -0.39 is 0 Å². The van der Waals surface area contributed by atoms with Crippen LogP contribution in [0.2, 0.25) is 8.67 Å². The molecule has 1 aliphatic rings. The fourth-order valence-corrected chi connectivity index (χ4v) is 3.50. The Balaban J connectivity index is 2.19. The molecular weight excluding hydrogens is 253 g/mol. The number of thiophene rings is 1. The first kappa shape index (κ1) is 11.7. The Morgan fingerprint density at radius 1 is 1.60 bits per heavy atom. The van der Waals surface area contributed by atoms with Crippen LogP contribution in [0.1, 0.15) is 24.9 Å². The van der Waals surface area contributed by atoms with Crippen LogP contribution in [0.15, 0.2) is 6.07 Å². The topological polar surface area (TPSA) is 35.2 Å². The molecule has 2 nitrogen and oxygen atoms in total. The van der Waals surface area contributed by atoms with E-state index in [1.54, 1.807) is 0 Å². The molecular formula is C10H13Cl2NOS. The van der Waals surface area contributed by atoms with Crippen LogP contribution in [-0.2, 0) is 4.74 Å². The molecule has 1 aromatic rings. The van der Waals surface area contributed by atoms with E-state index in [-0.39, 0.29) is 12.1 Å². The number of halogens is 2. The number of rotatable bonds is 2. The summed E-state index contributed by atoms with van der Waals surface area (Å²) in [5, 5.41) is 0. The van der Waals surface area contributed by atoms with Crippen LogP contribution in [0.25, 0.3) is 0 Å². The summed E-state index contributed by atoms with van der Waals surface area (Å²) in [5.74, 6) is 0.481. The van der Waals surface area contributed by atoms with Gasteiger partial charge < -0.3 is 10.5 Å². The highest BCUT2D eigenvalue weighted by molar-refractivity contribution is 7.20. The van der Waals surface area contributed by atoms with Gasteiger partial charge in [0.05, 0.1) is 20.8 Å². The van der Waals surface area contributed by atoms with Gasteiger partial charge in [-0.2, -0.15) is 0 Å². The Kier molecular flexibility index (Phi) is 3.58. The molecule has 0 radical (unpaired) electrons. The summed E-state index contributed by atoms with van der Waals surface area (Å²) < 4.78 is 6.98. The molecule has 2 N–H and O–H groups in total. The Hall–Kier alpha value is 0.200. The minimum absolute atomic E-state index is 0.0631. The lowest BCUT2D eigenvalue weighted by Gasteiger charge is -2.21. The Morgan fingerprint density at radius 3 is 2.80 bits per heavy atom. The molecule has 0 spiro atoms. The molecule has 1 aliphatic heterocycles. The van der Waals surface area contributed by atoms with E-state index in [0.717, 1.165) is 18.6 Å². The van der Waals surface area contributed by atoms with E-state index in [0.29, 0.717) is 14.6 Å². The number of hydrogen-bond donors (Lipinski definition) is 1. The maximum absolute atomic E-state index is 6.14. The van der Waals surface area contributed by atoms with Gasteiger partial charge in [-0.3, -0.25) is 0 Å². The number of hydrogen-bond acceptors (Lipinski definition) is 3. The van der Waals surface area contributed by atoms with Gasteiger partial charge in [0.25, 0.3) is 0 Å². The molecule has 1 aromatic heterocycles. The lowest BCUT2D eigenvalue weighted by Crippen LogP contribution is -2.29. The Bertz CT molecular complexity index is 355. The van der Waals surface area contributed by atoms with E-state index >= 15 is 0 Å². The normalized spacial score (nSPS) is 28.3. The van der Waals surface area contributed by atoms with Crippen LogP contribution in [0, 0.1) is 5.92 Å². The summed E-state index contributed by atoms with van der Waals surface area (Å²) in [6.07, 6.45) is 1.13. The summed E-state index contributed by atoms with van der Waals surface area (Å²) in [6, 6.07) is 1.67. The second kappa shape index (κ2) is 4.60.